The van der Waals surface area contributed by atoms with Crippen LogP contribution in [-0.2, 0) is 9.53 Å². The van der Waals surface area contributed by atoms with E-state index in [0.29, 0.717) is 12.0 Å². The molecule has 1 N–H and O–H groups in total. The van der Waals surface area contributed by atoms with Gasteiger partial charge in [0, 0.05) is 12.6 Å². The van der Waals surface area contributed by atoms with E-state index in [2.05, 4.69) is 31.1 Å². The fourth-order valence-electron chi connectivity index (χ4n) is 3.91. The number of methoxy groups -OCH3 is 1. The predicted octanol–water partition coefficient (Wildman–Crippen LogP) is 2.43. The van der Waals surface area contributed by atoms with Crippen LogP contribution < -0.4 is 5.32 Å². The molecule has 0 aromatic heterocycles. The molecule has 21 heavy (non-hydrogen) atoms. The molecular weight excluding hydrogens is 264 g/mol. The summed E-state index contributed by atoms with van der Waals surface area (Å²) in [5, 5.41) is 3.47. The van der Waals surface area contributed by atoms with Crippen molar-refractivity contribution < 1.29 is 9.53 Å². The van der Waals surface area contributed by atoms with Crippen LogP contribution >= 0.6 is 0 Å². The van der Waals surface area contributed by atoms with Gasteiger partial charge in [0.25, 0.3) is 0 Å². The van der Waals surface area contributed by atoms with Crippen LogP contribution in [0.5, 0.6) is 0 Å². The molecule has 0 spiro atoms. The second-order valence-electron chi connectivity index (χ2n) is 7.10. The van der Waals surface area contributed by atoms with E-state index in [-0.39, 0.29) is 5.97 Å². The number of carbonyl (C=O) groups is 1. The standard InChI is InChI=1S/C17H32N2O2/c1-5-18-17(14-8-9-14,16(20)21-4)12-19(3)15-10-6-13(2)7-11-15/h13-15,18H,5-12H2,1-4H3. The predicted molar refractivity (Wildman–Crippen MR) is 85.2 cm³/mol. The van der Waals surface area contributed by atoms with Gasteiger partial charge >= 0.3 is 5.97 Å². The molecule has 2 saturated carbocycles. The second-order valence-corrected chi connectivity index (χ2v) is 7.10. The molecule has 0 bridgehead atoms. The molecule has 0 aliphatic heterocycles. The van der Waals surface area contributed by atoms with Gasteiger partial charge in [-0.25, -0.2) is 4.79 Å². The van der Waals surface area contributed by atoms with Crippen LogP contribution in [0.3, 0.4) is 0 Å². The fraction of sp³-hybridized carbons (Fsp3) is 0.941. The fourth-order valence-corrected chi connectivity index (χ4v) is 3.91. The largest absolute Gasteiger partial charge is 0.468 e. The Kier molecular flexibility index (Phi) is 5.67. The summed E-state index contributed by atoms with van der Waals surface area (Å²) in [6.45, 7) is 6.00. The number of likely N-dealkylation sites (N-methyl/N-ethyl adjacent to an activating group) is 2. The first-order valence-electron chi connectivity index (χ1n) is 8.57. The molecule has 0 amide bonds. The maximum atomic E-state index is 12.5. The Morgan fingerprint density at radius 3 is 2.33 bits per heavy atom. The lowest BCUT2D eigenvalue weighted by Gasteiger charge is -2.40. The highest BCUT2D eigenvalue weighted by Crippen LogP contribution is 2.41. The third-order valence-corrected chi connectivity index (χ3v) is 5.42. The molecule has 2 aliphatic carbocycles. The molecule has 1 unspecified atom stereocenters. The molecule has 4 heteroatoms. The summed E-state index contributed by atoms with van der Waals surface area (Å²) in [4.78, 5) is 14.9. The van der Waals surface area contributed by atoms with Crippen molar-refractivity contribution in [3.8, 4) is 0 Å². The van der Waals surface area contributed by atoms with E-state index >= 15 is 0 Å². The molecule has 122 valence electrons. The Bertz CT molecular complexity index is 349. The van der Waals surface area contributed by atoms with Gasteiger partial charge in [-0.1, -0.05) is 13.8 Å². The smallest absolute Gasteiger partial charge is 0.327 e. The number of esters is 1. The van der Waals surface area contributed by atoms with Crippen molar-refractivity contribution in [2.75, 3.05) is 27.2 Å². The molecule has 0 aromatic rings. The third kappa shape index (κ3) is 3.78. The van der Waals surface area contributed by atoms with Crippen molar-refractivity contribution in [3.05, 3.63) is 0 Å². The Morgan fingerprint density at radius 2 is 1.86 bits per heavy atom. The molecule has 2 rings (SSSR count). The number of ether oxygens (including phenoxy) is 1. The van der Waals surface area contributed by atoms with Gasteiger partial charge in [-0.15, -0.1) is 0 Å². The highest BCUT2D eigenvalue weighted by atomic mass is 16.5. The molecular formula is C17H32N2O2. The minimum absolute atomic E-state index is 0.0807. The number of carbonyl (C=O) groups excluding carboxylic acids is 1. The Labute approximate surface area is 129 Å². The maximum absolute atomic E-state index is 12.5. The van der Waals surface area contributed by atoms with Crippen molar-refractivity contribution in [1.82, 2.24) is 10.2 Å². The quantitative estimate of drug-likeness (QED) is 0.733. The maximum Gasteiger partial charge on any atom is 0.327 e. The van der Waals surface area contributed by atoms with Crippen molar-refractivity contribution in [2.45, 2.75) is 64.0 Å². The van der Waals surface area contributed by atoms with Gasteiger partial charge in [-0.2, -0.15) is 0 Å². The first-order chi connectivity index (χ1) is 10.0. The van der Waals surface area contributed by atoms with E-state index < -0.39 is 5.54 Å². The SMILES string of the molecule is CCNC(CN(C)C1CCC(C)CC1)(C(=O)OC)C1CC1. The minimum atomic E-state index is -0.499. The van der Waals surface area contributed by atoms with E-state index in [4.69, 9.17) is 4.74 Å². The molecule has 0 aromatic carbocycles. The van der Waals surface area contributed by atoms with Crippen molar-refractivity contribution in [2.24, 2.45) is 11.8 Å². The Morgan fingerprint density at radius 1 is 1.24 bits per heavy atom. The third-order valence-electron chi connectivity index (χ3n) is 5.42. The number of nitrogens with one attached hydrogen (secondary N) is 1. The molecule has 1 atom stereocenters. The summed E-state index contributed by atoms with van der Waals surface area (Å²) in [7, 11) is 3.69. The average molecular weight is 296 g/mol. The van der Waals surface area contributed by atoms with E-state index in [1.165, 1.54) is 32.8 Å². The van der Waals surface area contributed by atoms with Crippen LogP contribution in [-0.4, -0.2) is 49.7 Å². The number of hydrogen-bond donors (Lipinski definition) is 1. The second kappa shape index (κ2) is 7.10. The minimum Gasteiger partial charge on any atom is -0.468 e. The zero-order valence-corrected chi connectivity index (χ0v) is 14.2. The Balaban J connectivity index is 2.05. The monoisotopic (exact) mass is 296 g/mol. The Hall–Kier alpha value is -0.610. The summed E-state index contributed by atoms with van der Waals surface area (Å²) in [6.07, 6.45) is 7.41. The zero-order valence-electron chi connectivity index (χ0n) is 14.2. The van der Waals surface area contributed by atoms with Gasteiger partial charge in [-0.05, 0) is 64.0 Å². The van der Waals surface area contributed by atoms with Gasteiger partial charge < -0.3 is 15.0 Å². The summed E-state index contributed by atoms with van der Waals surface area (Å²) < 4.78 is 5.15. The van der Waals surface area contributed by atoms with Crippen molar-refractivity contribution >= 4 is 5.97 Å². The number of nitrogens with zero attached hydrogens (tertiary/aromatic N) is 1. The number of hydrogen-bond acceptors (Lipinski definition) is 4. The van der Waals surface area contributed by atoms with Crippen LogP contribution in [0.15, 0.2) is 0 Å². The topological polar surface area (TPSA) is 41.6 Å². The molecule has 2 aliphatic rings. The van der Waals surface area contributed by atoms with Gasteiger partial charge in [0.15, 0.2) is 0 Å². The van der Waals surface area contributed by atoms with Crippen LogP contribution in [0.4, 0.5) is 0 Å². The van der Waals surface area contributed by atoms with E-state index in [1.54, 1.807) is 0 Å². The summed E-state index contributed by atoms with van der Waals surface area (Å²) >= 11 is 0. The average Bonchev–Trinajstić information content (AvgIpc) is 3.31. The lowest BCUT2D eigenvalue weighted by Crippen LogP contribution is -2.62. The van der Waals surface area contributed by atoms with E-state index in [0.717, 1.165) is 31.8 Å². The first-order valence-corrected chi connectivity index (χ1v) is 8.57. The lowest BCUT2D eigenvalue weighted by atomic mass is 9.85. The normalized spacial score (nSPS) is 29.2. The molecule has 4 nitrogen and oxygen atoms in total. The van der Waals surface area contributed by atoms with Gasteiger partial charge in [0.05, 0.1) is 7.11 Å². The van der Waals surface area contributed by atoms with E-state index in [9.17, 15) is 4.79 Å². The summed E-state index contributed by atoms with van der Waals surface area (Å²) in [5.74, 6) is 1.22. The van der Waals surface area contributed by atoms with Crippen LogP contribution in [0, 0.1) is 11.8 Å². The molecule has 0 heterocycles. The highest BCUT2D eigenvalue weighted by Gasteiger charge is 2.52. The van der Waals surface area contributed by atoms with Crippen molar-refractivity contribution in [1.29, 1.82) is 0 Å². The summed E-state index contributed by atoms with van der Waals surface area (Å²) in [5.41, 5.74) is -0.499. The van der Waals surface area contributed by atoms with Gasteiger partial charge in [-0.3, -0.25) is 0 Å². The van der Waals surface area contributed by atoms with Crippen LogP contribution in [0.2, 0.25) is 0 Å². The van der Waals surface area contributed by atoms with Gasteiger partial charge in [0.2, 0.25) is 0 Å². The molecule has 2 fully saturated rings. The molecule has 0 radical (unpaired) electrons. The highest BCUT2D eigenvalue weighted by molar-refractivity contribution is 5.82. The van der Waals surface area contributed by atoms with E-state index in [1.807, 2.05) is 0 Å². The van der Waals surface area contributed by atoms with Crippen LogP contribution in [0.1, 0.15) is 52.4 Å². The molecule has 0 saturated heterocycles. The van der Waals surface area contributed by atoms with Crippen LogP contribution in [0.25, 0.3) is 0 Å². The lowest BCUT2D eigenvalue weighted by molar-refractivity contribution is -0.151. The first kappa shape index (κ1) is 16.8. The van der Waals surface area contributed by atoms with Crippen molar-refractivity contribution in [3.63, 3.8) is 0 Å². The van der Waals surface area contributed by atoms with Gasteiger partial charge in [0.1, 0.15) is 5.54 Å². The zero-order chi connectivity index (χ0) is 15.5. The summed E-state index contributed by atoms with van der Waals surface area (Å²) in [6, 6.07) is 0.614. The number of rotatable bonds is 7.